The van der Waals surface area contributed by atoms with Gasteiger partial charge in [0.15, 0.2) is 11.5 Å². The van der Waals surface area contributed by atoms with Crippen LogP contribution >= 0.6 is 23.2 Å². The number of benzene rings is 6. The molecule has 9 fully saturated rings. The van der Waals surface area contributed by atoms with Gasteiger partial charge < -0.3 is 82.1 Å². The molecule has 676 valence electrons. The van der Waals surface area contributed by atoms with Crippen molar-refractivity contribution >= 4 is 47.4 Å². The molecule has 1 aliphatic carbocycles. The number of hydrogen-bond donors (Lipinski definition) is 1. The van der Waals surface area contributed by atoms with Crippen LogP contribution < -0.4 is 38.5 Å². The highest BCUT2D eigenvalue weighted by Crippen LogP contribution is 2.46. The molecule has 16 rings (SSSR count). The highest BCUT2D eigenvalue weighted by Gasteiger charge is 2.44. The van der Waals surface area contributed by atoms with Crippen LogP contribution in [0.3, 0.4) is 0 Å². The van der Waals surface area contributed by atoms with Crippen LogP contribution in [0.25, 0.3) is 22.3 Å². The molecule has 9 aliphatic heterocycles. The Hall–Kier alpha value is -8.38. The molecule has 4 amide bonds. The zero-order valence-corrected chi connectivity index (χ0v) is 77.0. The molecule has 6 aromatic rings. The minimum atomic E-state index is -0.191. The smallest absolute Gasteiger partial charge is 0.410 e. The van der Waals surface area contributed by atoms with Gasteiger partial charge in [-0.1, -0.05) is 72.8 Å². The number of amides is 4. The minimum absolute atomic E-state index is 0.101. The lowest BCUT2D eigenvalue weighted by molar-refractivity contribution is 0.0431. The van der Waals surface area contributed by atoms with E-state index in [1.165, 1.54) is 92.3 Å². The zero-order chi connectivity index (χ0) is 87.2. The predicted octanol–water partition coefficient (Wildman–Crippen LogP) is 20.2. The summed E-state index contributed by atoms with van der Waals surface area (Å²) in [6, 6.07) is 38.0. The van der Waals surface area contributed by atoms with Crippen molar-refractivity contribution < 1.29 is 66.5 Å². The first-order valence-corrected chi connectivity index (χ1v) is 47.1. The Morgan fingerprint density at radius 2 is 0.879 bits per heavy atom. The second kappa shape index (κ2) is 45.4. The molecule has 22 nitrogen and oxygen atoms in total. The number of likely N-dealkylation sites (tertiary alicyclic amines) is 6. The van der Waals surface area contributed by atoms with Gasteiger partial charge in [0.05, 0.1) is 66.0 Å². The Kier molecular flexibility index (Phi) is 34.1. The maximum atomic E-state index is 12.5. The van der Waals surface area contributed by atoms with E-state index in [1.54, 1.807) is 48.7 Å². The normalized spacial score (nSPS) is 21.4. The molecule has 124 heavy (non-hydrogen) atoms. The Morgan fingerprint density at radius 3 is 1.40 bits per heavy atom. The highest BCUT2D eigenvalue weighted by atomic mass is 35.5. The fraction of sp³-hybridized carbons (Fsp3) is 0.600. The van der Waals surface area contributed by atoms with Crippen molar-refractivity contribution in [2.45, 2.75) is 216 Å². The van der Waals surface area contributed by atoms with Crippen LogP contribution in [0.4, 0.5) is 14.4 Å². The molecule has 0 spiro atoms. The molecule has 0 radical (unpaired) electrons. The summed E-state index contributed by atoms with van der Waals surface area (Å²) in [6.07, 6.45) is 25.5. The molecule has 3 atom stereocenters. The Bertz CT molecular complexity index is 4440. The van der Waals surface area contributed by atoms with E-state index in [-0.39, 0.29) is 31.0 Å². The molecule has 0 aromatic heterocycles. The summed E-state index contributed by atoms with van der Waals surface area (Å²) >= 11 is 12.6. The number of nitrogens with zero attached hydrogens (tertiary/aromatic N) is 7. The molecular weight excluding hydrogens is 1610 g/mol. The second-order valence-electron chi connectivity index (χ2n) is 35.7. The van der Waals surface area contributed by atoms with E-state index in [0.29, 0.717) is 89.6 Å². The van der Waals surface area contributed by atoms with Gasteiger partial charge in [-0.3, -0.25) is 9.69 Å². The van der Waals surface area contributed by atoms with Crippen LogP contribution in [-0.2, 0) is 14.2 Å². The average molecular weight is 1750 g/mol. The predicted molar refractivity (Wildman–Crippen MR) is 490 cm³/mol. The van der Waals surface area contributed by atoms with E-state index in [9.17, 15) is 19.2 Å². The molecule has 8 saturated heterocycles. The molecule has 2 unspecified atom stereocenters. The summed E-state index contributed by atoms with van der Waals surface area (Å²) in [7, 11) is 10.3. The number of hydrogen-bond acceptors (Lipinski definition) is 18. The highest BCUT2D eigenvalue weighted by molar-refractivity contribution is 6.34. The van der Waals surface area contributed by atoms with Gasteiger partial charge in [0, 0.05) is 81.1 Å². The van der Waals surface area contributed by atoms with Crippen molar-refractivity contribution in [3.63, 3.8) is 0 Å². The van der Waals surface area contributed by atoms with Crippen LogP contribution in [0, 0.1) is 11.8 Å². The number of halogens is 2. The van der Waals surface area contributed by atoms with Crippen LogP contribution in [0.2, 0.25) is 10.0 Å². The van der Waals surface area contributed by atoms with Crippen molar-refractivity contribution in [2.75, 3.05) is 161 Å². The van der Waals surface area contributed by atoms with E-state index in [1.807, 2.05) is 85.2 Å². The summed E-state index contributed by atoms with van der Waals surface area (Å²) in [5.41, 5.74) is 10.4. The van der Waals surface area contributed by atoms with Gasteiger partial charge in [0.2, 0.25) is 6.79 Å². The van der Waals surface area contributed by atoms with Crippen molar-refractivity contribution in [2.24, 2.45) is 11.8 Å². The summed E-state index contributed by atoms with van der Waals surface area (Å²) in [5.74, 6) is 9.38. The molecule has 10 aliphatic rings. The fourth-order valence-electron chi connectivity index (χ4n) is 21.4. The first-order valence-electron chi connectivity index (χ1n) is 46.4. The van der Waals surface area contributed by atoms with Gasteiger partial charge in [0.25, 0.3) is 5.91 Å². The number of carbonyl (C=O) groups excluding carboxylic acids is 4. The Morgan fingerprint density at radius 1 is 0.427 bits per heavy atom. The number of rotatable bonds is 21. The number of ether oxygens (including phenoxy) is 10. The maximum absolute atomic E-state index is 12.5. The van der Waals surface area contributed by atoms with Gasteiger partial charge in [-0.25, -0.2) is 14.4 Å². The molecule has 2 bridgehead atoms. The molecule has 24 heteroatoms. The topological polar surface area (TPSA) is 195 Å². The number of carbonyl (C=O) groups is 4. The summed E-state index contributed by atoms with van der Waals surface area (Å²) < 4.78 is 54.7. The quantitative estimate of drug-likeness (QED) is 0.0668. The van der Waals surface area contributed by atoms with Crippen LogP contribution in [-0.4, -0.2) is 243 Å². The first kappa shape index (κ1) is 93.3. The van der Waals surface area contributed by atoms with Gasteiger partial charge >= 0.3 is 18.3 Å². The van der Waals surface area contributed by atoms with E-state index < -0.39 is 0 Å². The van der Waals surface area contributed by atoms with Gasteiger partial charge in [-0.05, 0) is 355 Å². The number of piperidine rings is 6. The first-order chi connectivity index (χ1) is 60.3. The van der Waals surface area contributed by atoms with E-state index in [4.69, 9.17) is 70.6 Å². The number of nitrogens with one attached hydrogen (secondary N) is 1. The largest absolute Gasteiger partial charge is 0.497 e. The third-order valence-electron chi connectivity index (χ3n) is 28.5. The Labute approximate surface area is 747 Å². The van der Waals surface area contributed by atoms with E-state index in [0.717, 1.165) is 230 Å². The summed E-state index contributed by atoms with van der Waals surface area (Å²) in [4.78, 5) is 64.8. The summed E-state index contributed by atoms with van der Waals surface area (Å²) in [5, 5.41) is 3.88. The minimum Gasteiger partial charge on any atom is -0.497 e. The average Bonchev–Trinajstić information content (AvgIpc) is 1.37. The molecule has 9 heterocycles. The van der Waals surface area contributed by atoms with Gasteiger partial charge in [-0.2, -0.15) is 0 Å². The molecule has 6 aromatic carbocycles. The summed E-state index contributed by atoms with van der Waals surface area (Å²) in [6.45, 7) is 24.1. The third-order valence-corrected chi connectivity index (χ3v) is 29.1. The Balaban J connectivity index is 0.000000144. The van der Waals surface area contributed by atoms with Crippen molar-refractivity contribution in [1.82, 2.24) is 39.6 Å². The van der Waals surface area contributed by atoms with Gasteiger partial charge in [0.1, 0.15) is 28.7 Å². The zero-order valence-electron chi connectivity index (χ0n) is 75.5. The standard InChI is InChI=1S/C29H38ClN3O4.C28H36N2O5.C24H36N2O4.C19H28ClNO/c1-4-37-29(35)33-15-9-20(10-16-33)19-32-13-11-21(12-14-32)25-17-22(6-8-27(25)36-3)23-5-7-24(26(30)18-23)28(34)31-2;1-3-33-28(31)30-14-8-20(9-15-30)18-29-12-10-21(11-13-29)24-16-22(4-6-25(24)32-2)23-5-7-26-27(17-23)35-19-34-26;1-4-30-24(27)26-18-5-7-19(15-20(26)8-6-18)25-13-11-17(12-14-25)22-10-9-21(28-2)16-23(22)29-3;1-19(10-4-3-5-11-19)21-12-8-15(9-13-21)17-14-16(20)6-7-18(17)22-2/h5-8,17-18,20-21H,4,9-16,19H2,1-3H3,(H,31,34);4-7,16-17,20-21H,3,8-15,18-19H2,1-2H3;9-10,16-20H,4-8,11-15H2,1-3H3;6-7,14-15H,3-5,8-13H2,1-2H3/t;;18-,19?,20?;/m..0./s1. The molecule has 1 saturated carbocycles. The SMILES string of the molecule is CCOC(=O)N1C2CC[C@@H]1CCC(N1CCC(c3ccc(OC)cc3OC)CC1)C2.CCOC(=O)N1CCC(CN2CCC(c3cc(-c4ccc(C(=O)NC)c(Cl)c4)ccc3OC)CC2)CC1.CCOC(=O)N1CCC(CN2CCC(c3cc(-c4ccc5c(c4)OCO5)ccc3OC)CC2)CC1.COc1ccc(Cl)cc1C1CCN(C2(C)CCCCC2)CC1. The molecule has 1 N–H and O–H groups in total. The third kappa shape index (κ3) is 23.7. The van der Waals surface area contributed by atoms with Crippen LogP contribution in [0.5, 0.6) is 40.2 Å². The van der Waals surface area contributed by atoms with Crippen molar-refractivity contribution in [3.8, 4) is 62.5 Å². The lowest BCUT2D eigenvalue weighted by atomic mass is 9.79. The fourth-order valence-corrected chi connectivity index (χ4v) is 21.8. The van der Waals surface area contributed by atoms with Crippen LogP contribution in [0.15, 0.2) is 109 Å². The lowest BCUT2D eigenvalue weighted by Gasteiger charge is -2.47. The lowest BCUT2D eigenvalue weighted by Crippen LogP contribution is -2.50. The maximum Gasteiger partial charge on any atom is 0.410 e. The van der Waals surface area contributed by atoms with Crippen molar-refractivity contribution in [3.05, 3.63) is 147 Å². The molecular formula is C100H138Cl2N8O14. The van der Waals surface area contributed by atoms with E-state index in [2.05, 4.69) is 85.3 Å². The number of fused-ring (bicyclic) bond motifs is 3. The van der Waals surface area contributed by atoms with Crippen molar-refractivity contribution in [1.29, 1.82) is 0 Å². The van der Waals surface area contributed by atoms with Crippen LogP contribution in [0.1, 0.15) is 225 Å². The van der Waals surface area contributed by atoms with Gasteiger partial charge in [-0.15, -0.1) is 0 Å². The number of methoxy groups -OCH3 is 5. The second-order valence-corrected chi connectivity index (χ2v) is 36.6. The monoisotopic (exact) mass is 1740 g/mol. The van der Waals surface area contributed by atoms with E-state index >= 15 is 0 Å².